The van der Waals surface area contributed by atoms with Crippen molar-refractivity contribution in [2.45, 2.75) is 19.3 Å². The fourth-order valence-electron chi connectivity index (χ4n) is 2.70. The first-order valence-electron chi connectivity index (χ1n) is 7.66. The molecule has 1 aromatic carbocycles. The van der Waals surface area contributed by atoms with Gasteiger partial charge in [-0.3, -0.25) is 14.9 Å². The molecule has 0 saturated heterocycles. The maximum atomic E-state index is 11.9. The van der Waals surface area contributed by atoms with Crippen molar-refractivity contribution in [2.75, 3.05) is 0 Å². The Morgan fingerprint density at radius 1 is 1.17 bits per heavy atom. The van der Waals surface area contributed by atoms with Crippen LogP contribution in [-0.2, 0) is 19.3 Å². The third kappa shape index (κ3) is 3.60. The zero-order valence-electron chi connectivity index (χ0n) is 13.1. The molecule has 6 heteroatoms. The highest BCUT2D eigenvalue weighted by molar-refractivity contribution is 5.95. The van der Waals surface area contributed by atoms with Gasteiger partial charge < -0.3 is 10.8 Å². The predicted molar refractivity (Wildman–Crippen MR) is 89.7 cm³/mol. The summed E-state index contributed by atoms with van der Waals surface area (Å²) in [5, 5.41) is 16.7. The van der Waals surface area contributed by atoms with E-state index in [2.05, 4.69) is 15.2 Å². The number of phenolic OH excluding ortho intramolecular Hbond substituents is 1. The minimum atomic E-state index is -0.492. The van der Waals surface area contributed by atoms with E-state index in [1.54, 1.807) is 30.6 Å². The lowest BCUT2D eigenvalue weighted by atomic mass is 10.0. The molecule has 1 amide bonds. The van der Waals surface area contributed by atoms with E-state index in [0.29, 0.717) is 36.2 Å². The number of hydrogen-bond donors (Lipinski definition) is 3. The molecule has 0 atom stereocenters. The lowest BCUT2D eigenvalue weighted by molar-refractivity contribution is 0.0998. The smallest absolute Gasteiger partial charge is 0.252 e. The number of rotatable bonds is 6. The normalized spacial score (nSPS) is 10.7. The van der Waals surface area contributed by atoms with Crippen molar-refractivity contribution in [2.24, 2.45) is 5.73 Å². The van der Waals surface area contributed by atoms with E-state index >= 15 is 0 Å². The Balaban J connectivity index is 1.80. The third-order valence-corrected chi connectivity index (χ3v) is 3.83. The molecule has 4 N–H and O–H groups in total. The van der Waals surface area contributed by atoms with E-state index in [1.165, 1.54) is 0 Å². The van der Waals surface area contributed by atoms with Crippen LogP contribution in [0.15, 0.2) is 48.8 Å². The van der Waals surface area contributed by atoms with Gasteiger partial charge in [0.1, 0.15) is 5.75 Å². The van der Waals surface area contributed by atoms with Crippen molar-refractivity contribution in [1.82, 2.24) is 15.2 Å². The summed E-state index contributed by atoms with van der Waals surface area (Å²) in [5.41, 5.74) is 9.28. The van der Waals surface area contributed by atoms with E-state index in [-0.39, 0.29) is 5.75 Å². The van der Waals surface area contributed by atoms with Gasteiger partial charge in [-0.05, 0) is 42.2 Å². The number of hydrogen-bond acceptors (Lipinski definition) is 4. The Labute approximate surface area is 139 Å². The van der Waals surface area contributed by atoms with Crippen LogP contribution in [0.25, 0.3) is 0 Å². The van der Waals surface area contributed by atoms with Crippen molar-refractivity contribution < 1.29 is 9.90 Å². The lowest BCUT2D eigenvalue weighted by Gasteiger charge is -2.04. The first kappa shape index (κ1) is 15.7. The summed E-state index contributed by atoms with van der Waals surface area (Å²) < 4.78 is 0. The molecule has 2 aromatic heterocycles. The second-order valence-corrected chi connectivity index (χ2v) is 5.60. The summed E-state index contributed by atoms with van der Waals surface area (Å²) in [5.74, 6) is -0.268. The van der Waals surface area contributed by atoms with Gasteiger partial charge in [-0.1, -0.05) is 18.2 Å². The number of nitrogens with one attached hydrogen (secondary N) is 1. The van der Waals surface area contributed by atoms with Gasteiger partial charge in [-0.2, -0.15) is 5.10 Å². The molecule has 0 bridgehead atoms. The highest BCUT2D eigenvalue weighted by atomic mass is 16.3. The first-order chi connectivity index (χ1) is 11.6. The molecule has 3 aromatic rings. The number of benzene rings is 1. The fourth-order valence-corrected chi connectivity index (χ4v) is 2.70. The molecule has 0 radical (unpaired) electrons. The second-order valence-electron chi connectivity index (χ2n) is 5.60. The van der Waals surface area contributed by atoms with Gasteiger partial charge in [0.25, 0.3) is 5.91 Å². The number of nitrogens with two attached hydrogens (primary N) is 1. The summed E-state index contributed by atoms with van der Waals surface area (Å²) >= 11 is 0. The quantitative estimate of drug-likeness (QED) is 0.645. The number of amides is 1. The maximum absolute atomic E-state index is 11.9. The summed E-state index contributed by atoms with van der Waals surface area (Å²) in [6.45, 7) is 0. The van der Waals surface area contributed by atoms with Gasteiger partial charge in [0.2, 0.25) is 0 Å². The van der Waals surface area contributed by atoms with Gasteiger partial charge in [0.05, 0.1) is 17.0 Å². The van der Waals surface area contributed by atoms with Crippen LogP contribution >= 0.6 is 0 Å². The van der Waals surface area contributed by atoms with E-state index in [0.717, 1.165) is 11.1 Å². The molecule has 0 spiro atoms. The molecule has 6 nitrogen and oxygen atoms in total. The van der Waals surface area contributed by atoms with Gasteiger partial charge in [-0.25, -0.2) is 0 Å². The molecule has 0 aliphatic rings. The average molecular weight is 322 g/mol. The van der Waals surface area contributed by atoms with Crippen LogP contribution in [0.3, 0.4) is 0 Å². The largest absolute Gasteiger partial charge is 0.508 e. The minimum absolute atomic E-state index is 0.224. The number of aromatic amines is 1. The monoisotopic (exact) mass is 322 g/mol. The molecule has 24 heavy (non-hydrogen) atoms. The first-order valence-corrected chi connectivity index (χ1v) is 7.66. The van der Waals surface area contributed by atoms with Crippen LogP contribution < -0.4 is 5.73 Å². The van der Waals surface area contributed by atoms with Gasteiger partial charge >= 0.3 is 0 Å². The number of carbonyl (C=O) groups excluding carboxylic acids is 1. The SMILES string of the molecule is NC(=O)c1c(CCc2cccc(O)c2)n[nH]c1Cc1cccnc1. The van der Waals surface area contributed by atoms with Crippen LogP contribution in [-0.4, -0.2) is 26.2 Å². The van der Waals surface area contributed by atoms with Crippen molar-refractivity contribution in [3.63, 3.8) is 0 Å². The number of aromatic hydroxyl groups is 1. The van der Waals surface area contributed by atoms with Crippen LogP contribution in [0.2, 0.25) is 0 Å². The van der Waals surface area contributed by atoms with E-state index in [9.17, 15) is 9.90 Å². The van der Waals surface area contributed by atoms with Crippen molar-refractivity contribution in [3.8, 4) is 5.75 Å². The van der Waals surface area contributed by atoms with Gasteiger partial charge in [0.15, 0.2) is 0 Å². The van der Waals surface area contributed by atoms with Crippen molar-refractivity contribution in [3.05, 3.63) is 76.9 Å². The van der Waals surface area contributed by atoms with E-state index in [1.807, 2.05) is 18.2 Å². The number of carbonyl (C=O) groups is 1. The predicted octanol–water partition coefficient (Wildman–Crippen LogP) is 1.99. The molecule has 122 valence electrons. The van der Waals surface area contributed by atoms with Crippen LogP contribution in [0, 0.1) is 0 Å². The maximum Gasteiger partial charge on any atom is 0.252 e. The number of H-pyrrole nitrogens is 1. The molecule has 0 saturated carbocycles. The highest BCUT2D eigenvalue weighted by Crippen LogP contribution is 2.18. The molecule has 0 aliphatic carbocycles. The zero-order chi connectivity index (χ0) is 16.9. The van der Waals surface area contributed by atoms with Crippen molar-refractivity contribution >= 4 is 5.91 Å². The molecule has 2 heterocycles. The number of aryl methyl sites for hydroxylation is 2. The van der Waals surface area contributed by atoms with Gasteiger partial charge in [-0.15, -0.1) is 0 Å². The summed E-state index contributed by atoms with van der Waals surface area (Å²) in [4.78, 5) is 15.9. The third-order valence-electron chi connectivity index (χ3n) is 3.83. The second kappa shape index (κ2) is 6.95. The standard InChI is InChI=1S/C18H18N4O2/c19-18(24)17-15(7-6-12-3-1-5-14(23)9-12)21-22-16(17)10-13-4-2-8-20-11-13/h1-5,8-9,11,23H,6-7,10H2,(H2,19,24)(H,21,22). The van der Waals surface area contributed by atoms with Crippen molar-refractivity contribution in [1.29, 1.82) is 0 Å². The number of nitrogens with zero attached hydrogens (tertiary/aromatic N) is 2. The fraction of sp³-hybridized carbons (Fsp3) is 0.167. The Hall–Kier alpha value is -3.15. The van der Waals surface area contributed by atoms with Crippen LogP contribution in [0.1, 0.15) is 32.9 Å². The molecule has 3 rings (SSSR count). The van der Waals surface area contributed by atoms with E-state index in [4.69, 9.17) is 5.73 Å². The Bertz CT molecular complexity index is 843. The Morgan fingerprint density at radius 3 is 2.71 bits per heavy atom. The minimum Gasteiger partial charge on any atom is -0.508 e. The Morgan fingerprint density at radius 2 is 2.00 bits per heavy atom. The Kier molecular flexibility index (Phi) is 4.56. The topological polar surface area (TPSA) is 105 Å². The number of phenols is 1. The zero-order valence-corrected chi connectivity index (χ0v) is 13.1. The molecular weight excluding hydrogens is 304 g/mol. The van der Waals surface area contributed by atoms with Gasteiger partial charge in [0, 0.05) is 18.8 Å². The molecule has 0 fully saturated rings. The average Bonchev–Trinajstić information content (AvgIpc) is 2.97. The summed E-state index contributed by atoms with van der Waals surface area (Å²) in [6, 6.07) is 10.8. The number of aromatic nitrogens is 3. The van der Waals surface area contributed by atoms with Crippen LogP contribution in [0.4, 0.5) is 0 Å². The molecule has 0 aliphatic heterocycles. The lowest BCUT2D eigenvalue weighted by Crippen LogP contribution is -2.15. The van der Waals surface area contributed by atoms with E-state index < -0.39 is 5.91 Å². The summed E-state index contributed by atoms with van der Waals surface area (Å²) in [6.07, 6.45) is 5.19. The summed E-state index contributed by atoms with van der Waals surface area (Å²) in [7, 11) is 0. The molecule has 0 unspecified atom stereocenters. The number of primary amides is 1. The molecular formula is C18H18N4O2. The number of pyridine rings is 1. The van der Waals surface area contributed by atoms with Crippen LogP contribution in [0.5, 0.6) is 5.75 Å². The highest BCUT2D eigenvalue weighted by Gasteiger charge is 2.18.